The average molecular weight is 411 g/mol. The van der Waals surface area contributed by atoms with E-state index in [1.807, 2.05) is 0 Å². The smallest absolute Gasteiger partial charge is 0.416 e. The SMILES string of the molecule is Cc1cc([C@H](O)[C@@H]2CCCN(C(=O)O)C2)nnc1-c1ccc(C(F)(F)F)cc1O. The van der Waals surface area contributed by atoms with Gasteiger partial charge >= 0.3 is 12.3 Å². The minimum Gasteiger partial charge on any atom is -0.507 e. The molecule has 1 amide bonds. The number of amides is 1. The summed E-state index contributed by atoms with van der Waals surface area (Å²) in [7, 11) is 0. The molecule has 2 aromatic rings. The zero-order chi connectivity index (χ0) is 21.3. The largest absolute Gasteiger partial charge is 0.507 e. The van der Waals surface area contributed by atoms with Gasteiger partial charge in [0, 0.05) is 24.6 Å². The van der Waals surface area contributed by atoms with Gasteiger partial charge in [0.25, 0.3) is 0 Å². The number of aromatic nitrogens is 2. The van der Waals surface area contributed by atoms with E-state index in [0.717, 1.165) is 12.1 Å². The lowest BCUT2D eigenvalue weighted by Crippen LogP contribution is -2.41. The number of hydrogen-bond donors (Lipinski definition) is 3. The quantitative estimate of drug-likeness (QED) is 0.713. The number of piperidine rings is 1. The van der Waals surface area contributed by atoms with Gasteiger partial charge in [-0.2, -0.15) is 18.3 Å². The van der Waals surface area contributed by atoms with Crippen molar-refractivity contribution in [2.45, 2.75) is 32.0 Å². The Hall–Kier alpha value is -2.88. The highest BCUT2D eigenvalue weighted by molar-refractivity contribution is 5.69. The average Bonchev–Trinajstić information content (AvgIpc) is 2.67. The predicted molar refractivity (Wildman–Crippen MR) is 96.2 cm³/mol. The third-order valence-electron chi connectivity index (χ3n) is 5.06. The molecule has 3 rings (SSSR count). The maximum Gasteiger partial charge on any atom is 0.416 e. The van der Waals surface area contributed by atoms with Crippen LogP contribution in [0.25, 0.3) is 11.3 Å². The fourth-order valence-electron chi connectivity index (χ4n) is 3.51. The van der Waals surface area contributed by atoms with Crippen LogP contribution in [0.3, 0.4) is 0 Å². The van der Waals surface area contributed by atoms with Gasteiger partial charge < -0.3 is 20.2 Å². The Labute approximate surface area is 164 Å². The molecule has 2 atom stereocenters. The molecule has 0 spiro atoms. The van der Waals surface area contributed by atoms with Crippen molar-refractivity contribution in [3.63, 3.8) is 0 Å². The van der Waals surface area contributed by atoms with Gasteiger partial charge in [0.15, 0.2) is 0 Å². The number of phenolic OH excluding ortho intramolecular Hbond substituents is 1. The molecule has 1 saturated heterocycles. The summed E-state index contributed by atoms with van der Waals surface area (Å²) in [4.78, 5) is 12.4. The van der Waals surface area contributed by atoms with Crippen LogP contribution >= 0.6 is 0 Å². The monoisotopic (exact) mass is 411 g/mol. The van der Waals surface area contributed by atoms with Crippen LogP contribution in [0.15, 0.2) is 24.3 Å². The minimum atomic E-state index is -4.57. The van der Waals surface area contributed by atoms with Crippen LogP contribution in [0, 0.1) is 12.8 Å². The lowest BCUT2D eigenvalue weighted by atomic mass is 9.90. The van der Waals surface area contributed by atoms with Crippen molar-refractivity contribution >= 4 is 6.09 Å². The summed E-state index contributed by atoms with van der Waals surface area (Å²) < 4.78 is 38.3. The third-order valence-corrected chi connectivity index (χ3v) is 5.06. The molecule has 1 aliphatic rings. The van der Waals surface area contributed by atoms with Crippen molar-refractivity contribution in [3.05, 3.63) is 41.1 Å². The second-order valence-electron chi connectivity index (χ2n) is 7.11. The van der Waals surface area contributed by atoms with E-state index in [9.17, 15) is 28.2 Å². The number of rotatable bonds is 3. The number of carbonyl (C=O) groups is 1. The highest BCUT2D eigenvalue weighted by Gasteiger charge is 2.32. The van der Waals surface area contributed by atoms with Crippen LogP contribution in [0.5, 0.6) is 5.75 Å². The molecule has 1 fully saturated rings. The fraction of sp³-hybridized carbons (Fsp3) is 0.421. The topological polar surface area (TPSA) is 107 Å². The number of aromatic hydroxyl groups is 1. The molecule has 1 aromatic heterocycles. The van der Waals surface area contributed by atoms with Crippen LogP contribution in [0.4, 0.5) is 18.0 Å². The Balaban J connectivity index is 1.84. The van der Waals surface area contributed by atoms with E-state index < -0.39 is 29.7 Å². The second kappa shape index (κ2) is 7.86. The Morgan fingerprint density at radius 2 is 2.00 bits per heavy atom. The number of phenols is 1. The Kier molecular flexibility index (Phi) is 5.65. The van der Waals surface area contributed by atoms with Crippen molar-refractivity contribution in [2.24, 2.45) is 5.92 Å². The summed E-state index contributed by atoms with van der Waals surface area (Å²) in [6, 6.07) is 4.14. The van der Waals surface area contributed by atoms with Crippen molar-refractivity contribution in [1.82, 2.24) is 15.1 Å². The van der Waals surface area contributed by atoms with Gasteiger partial charge in [0.2, 0.25) is 0 Å². The van der Waals surface area contributed by atoms with E-state index in [4.69, 9.17) is 5.11 Å². The molecule has 0 radical (unpaired) electrons. The zero-order valence-corrected chi connectivity index (χ0v) is 15.5. The highest BCUT2D eigenvalue weighted by Crippen LogP contribution is 2.37. The highest BCUT2D eigenvalue weighted by atomic mass is 19.4. The van der Waals surface area contributed by atoms with Crippen LogP contribution in [-0.2, 0) is 6.18 Å². The molecule has 3 N–H and O–H groups in total. The summed E-state index contributed by atoms with van der Waals surface area (Å²) in [6.45, 7) is 2.23. The van der Waals surface area contributed by atoms with E-state index in [2.05, 4.69) is 10.2 Å². The Morgan fingerprint density at radius 3 is 2.59 bits per heavy atom. The number of aryl methyl sites for hydroxylation is 1. The van der Waals surface area contributed by atoms with E-state index in [1.165, 1.54) is 4.90 Å². The normalized spacial score (nSPS) is 18.5. The summed E-state index contributed by atoms with van der Waals surface area (Å²) >= 11 is 0. The summed E-state index contributed by atoms with van der Waals surface area (Å²) in [5, 5.41) is 37.7. The summed E-state index contributed by atoms with van der Waals surface area (Å²) in [6.07, 6.45) is -5.39. The van der Waals surface area contributed by atoms with Gasteiger partial charge in [-0.1, -0.05) is 0 Å². The molecular weight excluding hydrogens is 391 g/mol. The third kappa shape index (κ3) is 4.42. The number of benzene rings is 1. The molecular formula is C19H20F3N3O4. The van der Waals surface area contributed by atoms with Crippen LogP contribution in [0.1, 0.15) is 35.8 Å². The lowest BCUT2D eigenvalue weighted by molar-refractivity contribution is -0.137. The molecule has 0 bridgehead atoms. The summed E-state index contributed by atoms with van der Waals surface area (Å²) in [5.41, 5.74) is 0.0725. The van der Waals surface area contributed by atoms with Crippen molar-refractivity contribution in [1.29, 1.82) is 0 Å². The molecule has 0 aliphatic carbocycles. The molecule has 156 valence electrons. The Bertz CT molecular complexity index is 920. The first kappa shape index (κ1) is 20.8. The number of alkyl halides is 3. The number of likely N-dealkylation sites (tertiary alicyclic amines) is 1. The maximum atomic E-state index is 12.8. The van der Waals surface area contributed by atoms with Gasteiger partial charge in [0.1, 0.15) is 11.9 Å². The Morgan fingerprint density at radius 1 is 1.28 bits per heavy atom. The second-order valence-corrected chi connectivity index (χ2v) is 7.11. The van der Waals surface area contributed by atoms with Crippen molar-refractivity contribution in [3.8, 4) is 17.0 Å². The van der Waals surface area contributed by atoms with E-state index in [-0.39, 0.29) is 29.4 Å². The minimum absolute atomic E-state index is 0.0961. The molecule has 10 heteroatoms. The van der Waals surface area contributed by atoms with Gasteiger partial charge in [0.05, 0.1) is 17.0 Å². The first-order valence-corrected chi connectivity index (χ1v) is 8.98. The molecule has 2 heterocycles. The van der Waals surface area contributed by atoms with Gasteiger partial charge in [-0.3, -0.25) is 0 Å². The number of carboxylic acid groups (broad SMARTS) is 1. The van der Waals surface area contributed by atoms with Crippen LogP contribution in [-0.4, -0.2) is 49.6 Å². The maximum absolute atomic E-state index is 12.8. The van der Waals surface area contributed by atoms with E-state index >= 15 is 0 Å². The van der Waals surface area contributed by atoms with Crippen molar-refractivity contribution in [2.75, 3.05) is 13.1 Å². The van der Waals surface area contributed by atoms with Gasteiger partial charge in [-0.15, -0.1) is 5.10 Å². The number of nitrogens with zero attached hydrogens (tertiary/aromatic N) is 3. The van der Waals surface area contributed by atoms with Gasteiger partial charge in [-0.05, 0) is 49.6 Å². The van der Waals surface area contributed by atoms with Crippen LogP contribution < -0.4 is 0 Å². The molecule has 0 unspecified atom stereocenters. The van der Waals surface area contributed by atoms with E-state index in [1.54, 1.807) is 13.0 Å². The van der Waals surface area contributed by atoms with E-state index in [0.29, 0.717) is 31.0 Å². The molecule has 1 aliphatic heterocycles. The predicted octanol–water partition coefficient (Wildman–Crippen LogP) is 3.60. The molecule has 1 aromatic carbocycles. The first-order valence-electron chi connectivity index (χ1n) is 8.98. The molecule has 0 saturated carbocycles. The number of aliphatic hydroxyl groups is 1. The molecule has 29 heavy (non-hydrogen) atoms. The first-order chi connectivity index (χ1) is 13.6. The zero-order valence-electron chi connectivity index (χ0n) is 15.5. The fourth-order valence-corrected chi connectivity index (χ4v) is 3.51. The number of aliphatic hydroxyl groups excluding tert-OH is 1. The number of hydrogen-bond acceptors (Lipinski definition) is 5. The summed E-state index contributed by atoms with van der Waals surface area (Å²) in [5.74, 6) is -0.909. The lowest BCUT2D eigenvalue weighted by Gasteiger charge is -2.33. The standard InChI is InChI=1S/C19H20F3N3O4/c1-10-7-14(17(27)11-3-2-6-25(9-11)18(28)29)23-24-16(10)13-5-4-12(8-15(13)26)19(20,21)22/h4-5,7-8,11,17,26-27H,2-3,6,9H2,1H3,(H,28,29)/t11-,17-/m1/s1. The van der Waals surface area contributed by atoms with Crippen molar-refractivity contribution < 1.29 is 33.3 Å². The molecule has 7 nitrogen and oxygen atoms in total. The number of halogens is 3. The van der Waals surface area contributed by atoms with Gasteiger partial charge in [-0.25, -0.2) is 4.79 Å². The van der Waals surface area contributed by atoms with Crippen LogP contribution in [0.2, 0.25) is 0 Å².